The first-order valence-corrected chi connectivity index (χ1v) is 6.54. The lowest BCUT2D eigenvalue weighted by molar-refractivity contribution is -0.115. The molecule has 2 aromatic carbocycles. The van der Waals surface area contributed by atoms with E-state index in [4.69, 9.17) is 11.6 Å². The third-order valence-corrected chi connectivity index (χ3v) is 3.49. The first-order chi connectivity index (χ1) is 9.25. The fourth-order valence-electron chi connectivity index (χ4n) is 2.27. The third-order valence-electron chi connectivity index (χ3n) is 3.18. The number of nitrogens with zero attached hydrogens (tertiary/aromatic N) is 1. The average Bonchev–Trinajstić information content (AvgIpc) is 2.60. The molecule has 1 N–H and O–H groups in total. The monoisotopic (exact) mass is 272 g/mol. The zero-order valence-corrected chi connectivity index (χ0v) is 11.0. The Morgan fingerprint density at radius 1 is 1.05 bits per heavy atom. The number of fused-ring (bicyclic) bond motifs is 1. The minimum atomic E-state index is -0.00668. The SMILES string of the molecule is O=C1CCN(c2ccccc2)c2cccc(Cl)c2N1. The predicted octanol–water partition coefficient (Wildman–Crippen LogP) is 3.82. The Morgan fingerprint density at radius 3 is 2.63 bits per heavy atom. The van der Waals surface area contributed by atoms with Crippen LogP contribution in [-0.2, 0) is 4.79 Å². The molecule has 4 heteroatoms. The molecule has 1 amide bonds. The highest BCUT2D eigenvalue weighted by molar-refractivity contribution is 6.34. The van der Waals surface area contributed by atoms with Crippen LogP contribution >= 0.6 is 11.6 Å². The summed E-state index contributed by atoms with van der Waals surface area (Å²) in [5, 5.41) is 3.44. The zero-order valence-electron chi connectivity index (χ0n) is 10.3. The normalized spacial score (nSPS) is 14.6. The molecule has 1 heterocycles. The summed E-state index contributed by atoms with van der Waals surface area (Å²) in [6.45, 7) is 0.642. The van der Waals surface area contributed by atoms with Gasteiger partial charge in [-0.05, 0) is 24.3 Å². The Bertz CT molecular complexity index is 613. The van der Waals surface area contributed by atoms with Crippen LogP contribution in [0.25, 0.3) is 0 Å². The fraction of sp³-hybridized carbons (Fsp3) is 0.133. The van der Waals surface area contributed by atoms with Gasteiger partial charge in [0.2, 0.25) is 5.91 Å². The fourth-order valence-corrected chi connectivity index (χ4v) is 2.49. The van der Waals surface area contributed by atoms with E-state index in [1.165, 1.54) is 0 Å². The van der Waals surface area contributed by atoms with Crippen molar-refractivity contribution >= 4 is 34.6 Å². The zero-order chi connectivity index (χ0) is 13.2. The maximum Gasteiger partial charge on any atom is 0.226 e. The summed E-state index contributed by atoms with van der Waals surface area (Å²) in [6, 6.07) is 15.7. The lowest BCUT2D eigenvalue weighted by Crippen LogP contribution is -2.18. The summed E-state index contributed by atoms with van der Waals surface area (Å²) in [7, 11) is 0. The van der Waals surface area contributed by atoms with Crippen molar-refractivity contribution in [2.45, 2.75) is 6.42 Å². The van der Waals surface area contributed by atoms with Crippen molar-refractivity contribution in [1.82, 2.24) is 0 Å². The van der Waals surface area contributed by atoms with Crippen LogP contribution in [0.4, 0.5) is 17.1 Å². The molecule has 0 saturated heterocycles. The summed E-state index contributed by atoms with van der Waals surface area (Å²) < 4.78 is 0. The number of amides is 1. The summed E-state index contributed by atoms with van der Waals surface area (Å²) in [5.41, 5.74) is 2.68. The summed E-state index contributed by atoms with van der Waals surface area (Å²) >= 11 is 6.19. The molecule has 0 aromatic heterocycles. The Balaban J connectivity index is 2.13. The molecule has 0 unspecified atom stereocenters. The second-order valence-corrected chi connectivity index (χ2v) is 4.83. The summed E-state index contributed by atoms with van der Waals surface area (Å²) in [6.07, 6.45) is 0.444. The van der Waals surface area contributed by atoms with E-state index in [-0.39, 0.29) is 5.91 Å². The highest BCUT2D eigenvalue weighted by Gasteiger charge is 2.21. The number of hydrogen-bond donors (Lipinski definition) is 1. The van der Waals surface area contributed by atoms with E-state index < -0.39 is 0 Å². The van der Waals surface area contributed by atoms with Gasteiger partial charge in [-0.1, -0.05) is 35.9 Å². The number of halogens is 1. The second-order valence-electron chi connectivity index (χ2n) is 4.42. The number of anilines is 3. The molecule has 0 atom stereocenters. The van der Waals surface area contributed by atoms with E-state index in [1.807, 2.05) is 42.5 Å². The Morgan fingerprint density at radius 2 is 1.84 bits per heavy atom. The van der Waals surface area contributed by atoms with Gasteiger partial charge in [-0.15, -0.1) is 0 Å². The Labute approximate surface area is 116 Å². The van der Waals surface area contributed by atoms with Gasteiger partial charge in [0.25, 0.3) is 0 Å². The van der Waals surface area contributed by atoms with E-state index >= 15 is 0 Å². The van der Waals surface area contributed by atoms with Crippen LogP contribution in [0.5, 0.6) is 0 Å². The van der Waals surface area contributed by atoms with Gasteiger partial charge in [0.15, 0.2) is 0 Å². The minimum Gasteiger partial charge on any atom is -0.339 e. The van der Waals surface area contributed by atoms with Crippen LogP contribution in [0.3, 0.4) is 0 Å². The van der Waals surface area contributed by atoms with Gasteiger partial charge in [0.1, 0.15) is 0 Å². The first kappa shape index (κ1) is 12.1. The van der Waals surface area contributed by atoms with Crippen LogP contribution < -0.4 is 10.2 Å². The Hall–Kier alpha value is -2.00. The third kappa shape index (κ3) is 2.29. The van der Waals surface area contributed by atoms with Gasteiger partial charge in [-0.3, -0.25) is 4.79 Å². The van der Waals surface area contributed by atoms with Crippen molar-refractivity contribution in [3.8, 4) is 0 Å². The van der Waals surface area contributed by atoms with Gasteiger partial charge in [-0.2, -0.15) is 0 Å². The summed E-state index contributed by atoms with van der Waals surface area (Å²) in [5.74, 6) is -0.00668. The molecule has 1 aliphatic rings. The average molecular weight is 273 g/mol. The number of benzene rings is 2. The van der Waals surface area contributed by atoms with Crippen molar-refractivity contribution < 1.29 is 4.79 Å². The van der Waals surface area contributed by atoms with Gasteiger partial charge in [-0.25, -0.2) is 0 Å². The molecule has 96 valence electrons. The molecule has 0 saturated carbocycles. The van der Waals surface area contributed by atoms with Gasteiger partial charge >= 0.3 is 0 Å². The van der Waals surface area contributed by atoms with E-state index in [0.717, 1.165) is 11.4 Å². The minimum absolute atomic E-state index is 0.00668. The van der Waals surface area contributed by atoms with Gasteiger partial charge in [0.05, 0.1) is 16.4 Å². The standard InChI is InChI=1S/C15H13ClN2O/c16-12-7-4-8-13-15(12)17-14(19)9-10-18(13)11-5-2-1-3-6-11/h1-8H,9-10H2,(H,17,19). The quantitative estimate of drug-likeness (QED) is 0.856. The number of carbonyl (C=O) groups is 1. The Kier molecular flexibility index (Phi) is 3.13. The molecule has 0 spiro atoms. The second kappa shape index (κ2) is 4.94. The van der Waals surface area contributed by atoms with Gasteiger partial charge in [0, 0.05) is 18.7 Å². The first-order valence-electron chi connectivity index (χ1n) is 6.16. The largest absolute Gasteiger partial charge is 0.339 e. The van der Waals surface area contributed by atoms with Crippen LogP contribution in [0.2, 0.25) is 5.02 Å². The van der Waals surface area contributed by atoms with Crippen LogP contribution in [0.15, 0.2) is 48.5 Å². The van der Waals surface area contributed by atoms with Crippen LogP contribution in [-0.4, -0.2) is 12.5 Å². The van der Waals surface area contributed by atoms with Crippen molar-refractivity contribution in [1.29, 1.82) is 0 Å². The van der Waals surface area contributed by atoms with E-state index in [9.17, 15) is 4.79 Å². The van der Waals surface area contributed by atoms with E-state index in [0.29, 0.717) is 23.7 Å². The highest BCUT2D eigenvalue weighted by Crippen LogP contribution is 2.38. The van der Waals surface area contributed by atoms with Crippen molar-refractivity contribution in [3.63, 3.8) is 0 Å². The highest BCUT2D eigenvalue weighted by atomic mass is 35.5. The molecule has 0 fully saturated rings. The smallest absolute Gasteiger partial charge is 0.226 e. The number of carbonyl (C=O) groups excluding carboxylic acids is 1. The van der Waals surface area contributed by atoms with E-state index in [1.54, 1.807) is 6.07 Å². The van der Waals surface area contributed by atoms with Crippen molar-refractivity contribution in [3.05, 3.63) is 53.6 Å². The lowest BCUT2D eigenvalue weighted by atomic mass is 10.2. The summed E-state index contributed by atoms with van der Waals surface area (Å²) in [4.78, 5) is 13.9. The van der Waals surface area contributed by atoms with Crippen LogP contribution in [0.1, 0.15) is 6.42 Å². The topological polar surface area (TPSA) is 32.3 Å². The van der Waals surface area contributed by atoms with E-state index in [2.05, 4.69) is 10.2 Å². The predicted molar refractivity (Wildman–Crippen MR) is 78.1 cm³/mol. The lowest BCUT2D eigenvalue weighted by Gasteiger charge is -2.24. The molecule has 2 aromatic rings. The molecule has 19 heavy (non-hydrogen) atoms. The van der Waals surface area contributed by atoms with Crippen LogP contribution in [0, 0.1) is 0 Å². The molecule has 0 aliphatic carbocycles. The molecule has 1 aliphatic heterocycles. The molecule has 0 bridgehead atoms. The van der Waals surface area contributed by atoms with Crippen molar-refractivity contribution in [2.75, 3.05) is 16.8 Å². The number of nitrogens with one attached hydrogen (secondary N) is 1. The maximum absolute atomic E-state index is 11.8. The molecular formula is C15H13ClN2O. The maximum atomic E-state index is 11.8. The molecule has 0 radical (unpaired) electrons. The van der Waals surface area contributed by atoms with Crippen molar-refractivity contribution in [2.24, 2.45) is 0 Å². The molecule has 3 rings (SSSR count). The van der Waals surface area contributed by atoms with Gasteiger partial charge < -0.3 is 10.2 Å². The molecular weight excluding hydrogens is 260 g/mol. The number of para-hydroxylation sites is 2. The number of rotatable bonds is 1. The molecule has 3 nitrogen and oxygen atoms in total. The number of hydrogen-bond acceptors (Lipinski definition) is 2.